The van der Waals surface area contributed by atoms with Crippen LogP contribution in [0.1, 0.15) is 13.8 Å². The summed E-state index contributed by atoms with van der Waals surface area (Å²) in [6, 6.07) is 0. The van der Waals surface area contributed by atoms with Crippen molar-refractivity contribution in [2.45, 2.75) is 13.8 Å². The Morgan fingerprint density at radius 1 is 1.42 bits per heavy atom. The van der Waals surface area contributed by atoms with Crippen molar-refractivity contribution in [3.63, 3.8) is 0 Å². The Kier molecular flexibility index (Phi) is 3.23. The molecule has 3 nitrogen and oxygen atoms in total. The molecule has 0 aromatic heterocycles. The first-order chi connectivity index (χ1) is 5.64. The Balaban J connectivity index is 2.33. The van der Waals surface area contributed by atoms with Gasteiger partial charge in [0.25, 0.3) is 0 Å². The van der Waals surface area contributed by atoms with Gasteiger partial charge in [-0.05, 0) is 13.8 Å². The summed E-state index contributed by atoms with van der Waals surface area (Å²) in [4.78, 5) is 12.1. The molecule has 0 aliphatic carbocycles. The molecule has 1 heterocycles. The van der Waals surface area contributed by atoms with Crippen molar-refractivity contribution < 1.29 is 14.4 Å². The van der Waals surface area contributed by atoms with E-state index in [0.29, 0.717) is 0 Å². The van der Waals surface area contributed by atoms with Crippen LogP contribution in [0.25, 0.3) is 0 Å². The summed E-state index contributed by atoms with van der Waals surface area (Å²) in [5, 5.41) is 0. The van der Waals surface area contributed by atoms with Gasteiger partial charge >= 0.3 is 0 Å². The number of morpholine rings is 1. The number of aldehydes is 1. The quantitative estimate of drug-likeness (QED) is 0.561. The summed E-state index contributed by atoms with van der Waals surface area (Å²) in [5.74, 6) is 0. The molecule has 1 rings (SSSR count). The predicted molar refractivity (Wildman–Crippen MR) is 46.2 cm³/mol. The molecule has 0 radical (unpaired) electrons. The molecule has 1 saturated heterocycles. The summed E-state index contributed by atoms with van der Waals surface area (Å²) in [7, 11) is 0. The Labute approximate surface area is 73.7 Å². The molecule has 1 aliphatic rings. The van der Waals surface area contributed by atoms with Gasteiger partial charge in [-0.3, -0.25) is 0 Å². The number of rotatable bonds is 3. The van der Waals surface area contributed by atoms with Gasteiger partial charge < -0.3 is 14.4 Å². The van der Waals surface area contributed by atoms with Gasteiger partial charge in [-0.15, -0.1) is 0 Å². The van der Waals surface area contributed by atoms with E-state index in [9.17, 15) is 4.79 Å². The smallest absolute Gasteiger partial charge is 0.131 e. The van der Waals surface area contributed by atoms with E-state index < -0.39 is 0 Å². The summed E-state index contributed by atoms with van der Waals surface area (Å²) < 4.78 is 5.24. The Morgan fingerprint density at radius 2 is 2.00 bits per heavy atom. The van der Waals surface area contributed by atoms with Crippen LogP contribution >= 0.6 is 0 Å². The van der Waals surface area contributed by atoms with Crippen LogP contribution in [-0.2, 0) is 9.53 Å². The van der Waals surface area contributed by atoms with Crippen LogP contribution in [0.15, 0.2) is 0 Å². The highest BCUT2D eigenvalue weighted by Gasteiger charge is 2.25. The third-order valence-corrected chi connectivity index (χ3v) is 2.22. The van der Waals surface area contributed by atoms with E-state index in [1.54, 1.807) is 0 Å². The van der Waals surface area contributed by atoms with Crippen LogP contribution < -0.4 is 4.90 Å². The van der Waals surface area contributed by atoms with Crippen molar-refractivity contribution in [3.05, 3.63) is 0 Å². The van der Waals surface area contributed by atoms with Crippen LogP contribution in [0.3, 0.4) is 0 Å². The molecule has 0 aromatic rings. The topological polar surface area (TPSA) is 30.7 Å². The second-order valence-electron chi connectivity index (χ2n) is 4.15. The average Bonchev–Trinajstić information content (AvgIpc) is 2.06. The molecule has 0 aromatic carbocycles. The van der Waals surface area contributed by atoms with Gasteiger partial charge in [0.05, 0.1) is 25.2 Å². The lowest BCUT2D eigenvalue weighted by Gasteiger charge is -2.28. The van der Waals surface area contributed by atoms with E-state index in [1.807, 2.05) is 13.8 Å². The van der Waals surface area contributed by atoms with E-state index >= 15 is 0 Å². The molecule has 3 heteroatoms. The first-order valence-electron chi connectivity index (χ1n) is 4.52. The van der Waals surface area contributed by atoms with Crippen molar-refractivity contribution in [1.82, 2.24) is 0 Å². The maximum absolute atomic E-state index is 10.7. The first kappa shape index (κ1) is 9.68. The second kappa shape index (κ2) is 4.01. The summed E-state index contributed by atoms with van der Waals surface area (Å²) in [5.41, 5.74) is -0.174. The molecule has 1 aliphatic heterocycles. The zero-order valence-corrected chi connectivity index (χ0v) is 7.93. The Bertz CT molecular complexity index is 151. The number of carbonyl (C=O) groups excluding carboxylic acids is 1. The number of quaternary nitrogens is 1. The maximum Gasteiger partial charge on any atom is 0.131 e. The van der Waals surface area contributed by atoms with Crippen molar-refractivity contribution in [1.29, 1.82) is 0 Å². The minimum absolute atomic E-state index is 0.174. The van der Waals surface area contributed by atoms with E-state index in [4.69, 9.17) is 4.74 Å². The zero-order valence-electron chi connectivity index (χ0n) is 7.93. The lowest BCUT2D eigenvalue weighted by molar-refractivity contribution is -0.912. The largest absolute Gasteiger partial charge is 0.370 e. The number of nitrogens with one attached hydrogen (secondary N) is 1. The highest BCUT2D eigenvalue weighted by atomic mass is 16.5. The molecule has 0 saturated carbocycles. The molecule has 0 spiro atoms. The molecule has 12 heavy (non-hydrogen) atoms. The molecule has 0 amide bonds. The van der Waals surface area contributed by atoms with Crippen molar-refractivity contribution in [3.8, 4) is 0 Å². The van der Waals surface area contributed by atoms with Gasteiger partial charge in [-0.25, -0.2) is 0 Å². The molecule has 0 unspecified atom stereocenters. The standard InChI is InChI=1S/C9H17NO2/c1-9(2,8-11)7-10-3-5-12-6-4-10/h8H,3-7H2,1-2H3/p+1. The average molecular weight is 172 g/mol. The number of hydrogen-bond donors (Lipinski definition) is 1. The highest BCUT2D eigenvalue weighted by molar-refractivity contribution is 5.57. The van der Waals surface area contributed by atoms with Gasteiger partial charge in [0.2, 0.25) is 0 Å². The minimum Gasteiger partial charge on any atom is -0.370 e. The van der Waals surface area contributed by atoms with Gasteiger partial charge in [-0.2, -0.15) is 0 Å². The predicted octanol–water partition coefficient (Wildman–Crippen LogP) is -0.873. The van der Waals surface area contributed by atoms with Gasteiger partial charge in [0, 0.05) is 0 Å². The fourth-order valence-corrected chi connectivity index (χ4v) is 1.52. The van der Waals surface area contributed by atoms with Crippen LogP contribution in [-0.4, -0.2) is 39.1 Å². The summed E-state index contributed by atoms with van der Waals surface area (Å²) >= 11 is 0. The molecular formula is C9H18NO2+. The lowest BCUT2D eigenvalue weighted by atomic mass is 9.95. The van der Waals surface area contributed by atoms with Crippen molar-refractivity contribution in [2.75, 3.05) is 32.8 Å². The van der Waals surface area contributed by atoms with Crippen LogP contribution in [0.2, 0.25) is 0 Å². The highest BCUT2D eigenvalue weighted by Crippen LogP contribution is 2.06. The third kappa shape index (κ3) is 2.91. The Hall–Kier alpha value is -0.410. The van der Waals surface area contributed by atoms with Crippen LogP contribution in [0, 0.1) is 5.41 Å². The molecular weight excluding hydrogens is 154 g/mol. The normalized spacial score (nSPS) is 20.8. The van der Waals surface area contributed by atoms with Gasteiger partial charge in [0.1, 0.15) is 19.4 Å². The lowest BCUT2D eigenvalue weighted by Crippen LogP contribution is -3.15. The zero-order chi connectivity index (χ0) is 9.03. The summed E-state index contributed by atoms with van der Waals surface area (Å²) in [6.07, 6.45) is 1.05. The molecule has 0 atom stereocenters. The van der Waals surface area contributed by atoms with Crippen LogP contribution in [0.5, 0.6) is 0 Å². The SMILES string of the molecule is CC(C)(C=O)C[NH+]1CCOCC1. The maximum atomic E-state index is 10.7. The van der Waals surface area contributed by atoms with E-state index in [-0.39, 0.29) is 5.41 Å². The number of ether oxygens (including phenoxy) is 1. The monoisotopic (exact) mass is 172 g/mol. The molecule has 1 N–H and O–H groups in total. The fourth-order valence-electron chi connectivity index (χ4n) is 1.52. The van der Waals surface area contributed by atoms with Gasteiger partial charge in [-0.1, -0.05) is 0 Å². The van der Waals surface area contributed by atoms with E-state index in [1.165, 1.54) is 4.90 Å². The fraction of sp³-hybridized carbons (Fsp3) is 0.889. The first-order valence-corrected chi connectivity index (χ1v) is 4.52. The van der Waals surface area contributed by atoms with Crippen molar-refractivity contribution >= 4 is 6.29 Å². The van der Waals surface area contributed by atoms with Crippen LogP contribution in [0.4, 0.5) is 0 Å². The summed E-state index contributed by atoms with van der Waals surface area (Å²) in [6.45, 7) is 8.66. The third-order valence-electron chi connectivity index (χ3n) is 2.22. The molecule has 1 fully saturated rings. The molecule has 70 valence electrons. The molecule has 0 bridgehead atoms. The second-order valence-corrected chi connectivity index (χ2v) is 4.15. The minimum atomic E-state index is -0.174. The van der Waals surface area contributed by atoms with Gasteiger partial charge in [0.15, 0.2) is 0 Å². The van der Waals surface area contributed by atoms with E-state index in [0.717, 1.165) is 39.1 Å². The van der Waals surface area contributed by atoms with E-state index in [2.05, 4.69) is 0 Å². The number of carbonyl (C=O) groups is 1. The Morgan fingerprint density at radius 3 is 2.50 bits per heavy atom. The van der Waals surface area contributed by atoms with Crippen molar-refractivity contribution in [2.24, 2.45) is 5.41 Å². The number of hydrogen-bond acceptors (Lipinski definition) is 2.